The SMILES string of the molecule is c1csc(-c2noc([C@@H]3Cc4ccccc4CN3)n2)c1. The molecule has 0 saturated heterocycles. The van der Waals surface area contributed by atoms with E-state index in [0.717, 1.165) is 17.8 Å². The van der Waals surface area contributed by atoms with E-state index in [1.165, 1.54) is 11.1 Å². The summed E-state index contributed by atoms with van der Waals surface area (Å²) in [6.07, 6.45) is 0.891. The quantitative estimate of drug-likeness (QED) is 0.784. The van der Waals surface area contributed by atoms with Gasteiger partial charge in [0.1, 0.15) is 0 Å². The van der Waals surface area contributed by atoms with E-state index < -0.39 is 0 Å². The third kappa shape index (κ3) is 2.05. The number of nitrogens with zero attached hydrogens (tertiary/aromatic N) is 2. The molecule has 3 aromatic rings. The summed E-state index contributed by atoms with van der Waals surface area (Å²) < 4.78 is 5.43. The first-order chi connectivity index (χ1) is 9.90. The Morgan fingerprint density at radius 1 is 1.15 bits per heavy atom. The summed E-state index contributed by atoms with van der Waals surface area (Å²) >= 11 is 1.62. The van der Waals surface area contributed by atoms with Crippen molar-refractivity contribution in [2.45, 2.75) is 19.0 Å². The van der Waals surface area contributed by atoms with Gasteiger partial charge in [-0.05, 0) is 29.0 Å². The molecule has 1 aromatic carbocycles. The van der Waals surface area contributed by atoms with Crippen LogP contribution in [0.1, 0.15) is 23.1 Å². The maximum atomic E-state index is 5.43. The Kier molecular flexibility index (Phi) is 2.86. The minimum atomic E-state index is 0.103. The van der Waals surface area contributed by atoms with Crippen molar-refractivity contribution in [1.82, 2.24) is 15.5 Å². The largest absolute Gasteiger partial charge is 0.337 e. The van der Waals surface area contributed by atoms with Gasteiger partial charge < -0.3 is 9.84 Å². The molecule has 4 nitrogen and oxygen atoms in total. The molecule has 100 valence electrons. The number of rotatable bonds is 2. The predicted octanol–water partition coefficient (Wildman–Crippen LogP) is 3.19. The lowest BCUT2D eigenvalue weighted by Gasteiger charge is -2.23. The highest BCUT2D eigenvalue weighted by molar-refractivity contribution is 7.13. The lowest BCUT2D eigenvalue weighted by atomic mass is 9.96. The predicted molar refractivity (Wildman–Crippen MR) is 77.3 cm³/mol. The molecule has 3 heterocycles. The van der Waals surface area contributed by atoms with E-state index in [0.29, 0.717) is 11.7 Å². The first kappa shape index (κ1) is 11.8. The number of thiophene rings is 1. The first-order valence-corrected chi connectivity index (χ1v) is 7.46. The molecule has 0 fully saturated rings. The van der Waals surface area contributed by atoms with Crippen LogP contribution < -0.4 is 5.32 Å². The Morgan fingerprint density at radius 3 is 2.90 bits per heavy atom. The van der Waals surface area contributed by atoms with Crippen molar-refractivity contribution in [2.75, 3.05) is 0 Å². The number of aromatic nitrogens is 2. The van der Waals surface area contributed by atoms with Crippen molar-refractivity contribution >= 4 is 11.3 Å². The minimum absolute atomic E-state index is 0.103. The molecule has 1 atom stereocenters. The van der Waals surface area contributed by atoms with Gasteiger partial charge >= 0.3 is 0 Å². The van der Waals surface area contributed by atoms with Gasteiger partial charge in [0.15, 0.2) is 0 Å². The molecule has 1 aliphatic heterocycles. The molecule has 0 saturated carbocycles. The van der Waals surface area contributed by atoms with Gasteiger partial charge in [-0.15, -0.1) is 11.3 Å². The Labute approximate surface area is 120 Å². The highest BCUT2D eigenvalue weighted by Gasteiger charge is 2.24. The Balaban J connectivity index is 1.60. The molecule has 0 radical (unpaired) electrons. The van der Waals surface area contributed by atoms with Crippen LogP contribution in [0.2, 0.25) is 0 Å². The van der Waals surface area contributed by atoms with Crippen molar-refractivity contribution in [3.05, 3.63) is 58.8 Å². The summed E-state index contributed by atoms with van der Waals surface area (Å²) in [6, 6.07) is 12.6. The van der Waals surface area contributed by atoms with Gasteiger partial charge in [-0.3, -0.25) is 0 Å². The monoisotopic (exact) mass is 283 g/mol. The van der Waals surface area contributed by atoms with Crippen molar-refractivity contribution in [1.29, 1.82) is 0 Å². The van der Waals surface area contributed by atoms with Crippen LogP contribution in [0.3, 0.4) is 0 Å². The summed E-state index contributed by atoms with van der Waals surface area (Å²) in [5, 5.41) is 9.55. The molecular weight excluding hydrogens is 270 g/mol. The standard InChI is InChI=1S/C15H13N3OS/c1-2-5-11-9-16-12(8-10(11)4-1)15-17-14(18-19-15)13-6-3-7-20-13/h1-7,12,16H,8-9H2/t12-/m0/s1. The average Bonchev–Trinajstić information content (AvgIpc) is 3.17. The Hall–Kier alpha value is -1.98. The molecule has 0 amide bonds. The maximum absolute atomic E-state index is 5.43. The summed E-state index contributed by atoms with van der Waals surface area (Å²) in [7, 11) is 0. The summed E-state index contributed by atoms with van der Waals surface area (Å²) in [5.41, 5.74) is 2.70. The summed E-state index contributed by atoms with van der Waals surface area (Å²) in [5.74, 6) is 1.35. The van der Waals surface area contributed by atoms with Crippen molar-refractivity contribution < 1.29 is 4.52 Å². The Bertz CT molecular complexity index is 720. The fourth-order valence-corrected chi connectivity index (χ4v) is 3.16. The number of fused-ring (bicyclic) bond motifs is 1. The van der Waals surface area contributed by atoms with Gasteiger partial charge in [-0.2, -0.15) is 4.98 Å². The van der Waals surface area contributed by atoms with Crippen molar-refractivity contribution in [3.8, 4) is 10.7 Å². The average molecular weight is 283 g/mol. The third-order valence-electron chi connectivity index (χ3n) is 3.56. The summed E-state index contributed by atoms with van der Waals surface area (Å²) in [6.45, 7) is 0.845. The molecule has 2 aromatic heterocycles. The van der Waals surface area contributed by atoms with Gasteiger partial charge in [-0.25, -0.2) is 0 Å². The van der Waals surface area contributed by atoms with Crippen molar-refractivity contribution in [2.24, 2.45) is 0 Å². The van der Waals surface area contributed by atoms with E-state index in [9.17, 15) is 0 Å². The van der Waals surface area contributed by atoms with Crippen LogP contribution >= 0.6 is 11.3 Å². The van der Waals surface area contributed by atoms with Gasteiger partial charge in [0.2, 0.25) is 11.7 Å². The highest BCUT2D eigenvalue weighted by Crippen LogP contribution is 2.27. The molecule has 0 unspecified atom stereocenters. The Morgan fingerprint density at radius 2 is 2.05 bits per heavy atom. The van der Waals surface area contributed by atoms with Crippen LogP contribution in [0.15, 0.2) is 46.3 Å². The van der Waals surface area contributed by atoms with Crippen LogP contribution in [0.4, 0.5) is 0 Å². The molecule has 5 heteroatoms. The fourth-order valence-electron chi connectivity index (χ4n) is 2.51. The van der Waals surface area contributed by atoms with Gasteiger partial charge in [0.05, 0.1) is 10.9 Å². The second kappa shape index (κ2) is 4.85. The molecule has 20 heavy (non-hydrogen) atoms. The van der Waals surface area contributed by atoms with Crippen LogP contribution in [-0.4, -0.2) is 10.1 Å². The van der Waals surface area contributed by atoms with E-state index in [1.54, 1.807) is 11.3 Å². The number of hydrogen-bond donors (Lipinski definition) is 1. The number of hydrogen-bond acceptors (Lipinski definition) is 5. The van der Waals surface area contributed by atoms with Crippen LogP contribution in [0, 0.1) is 0 Å². The highest BCUT2D eigenvalue weighted by atomic mass is 32.1. The van der Waals surface area contributed by atoms with Gasteiger partial charge in [0.25, 0.3) is 0 Å². The second-order valence-corrected chi connectivity index (χ2v) is 5.79. The molecule has 0 bridgehead atoms. The van der Waals surface area contributed by atoms with E-state index in [4.69, 9.17) is 4.52 Å². The molecular formula is C15H13N3OS. The number of nitrogens with one attached hydrogen (secondary N) is 1. The lowest BCUT2D eigenvalue weighted by Crippen LogP contribution is -2.28. The van der Waals surface area contributed by atoms with Crippen LogP contribution in [0.25, 0.3) is 10.7 Å². The van der Waals surface area contributed by atoms with Crippen LogP contribution in [0.5, 0.6) is 0 Å². The zero-order valence-electron chi connectivity index (χ0n) is 10.7. The first-order valence-electron chi connectivity index (χ1n) is 6.58. The molecule has 4 rings (SSSR count). The third-order valence-corrected chi connectivity index (χ3v) is 4.43. The van der Waals surface area contributed by atoms with E-state index in [1.807, 2.05) is 17.5 Å². The zero-order valence-corrected chi connectivity index (χ0v) is 11.6. The minimum Gasteiger partial charge on any atom is -0.337 e. The van der Waals surface area contributed by atoms with E-state index >= 15 is 0 Å². The normalized spacial score (nSPS) is 17.9. The topological polar surface area (TPSA) is 51.0 Å². The van der Waals surface area contributed by atoms with E-state index in [2.05, 4.69) is 39.7 Å². The van der Waals surface area contributed by atoms with Crippen molar-refractivity contribution in [3.63, 3.8) is 0 Å². The smallest absolute Gasteiger partial charge is 0.244 e. The number of benzene rings is 1. The summed E-state index contributed by atoms with van der Waals surface area (Å²) in [4.78, 5) is 5.56. The molecule has 0 aliphatic carbocycles. The van der Waals surface area contributed by atoms with Gasteiger partial charge in [0, 0.05) is 6.54 Å². The zero-order chi connectivity index (χ0) is 13.4. The lowest BCUT2D eigenvalue weighted by molar-refractivity contribution is 0.321. The molecule has 0 spiro atoms. The fraction of sp³-hybridized carbons (Fsp3) is 0.200. The second-order valence-electron chi connectivity index (χ2n) is 4.84. The molecule has 1 aliphatic rings. The maximum Gasteiger partial charge on any atom is 0.244 e. The van der Waals surface area contributed by atoms with E-state index in [-0.39, 0.29) is 6.04 Å². The van der Waals surface area contributed by atoms with Gasteiger partial charge in [-0.1, -0.05) is 35.5 Å². The molecule has 1 N–H and O–H groups in total. The van der Waals surface area contributed by atoms with Crippen LogP contribution in [-0.2, 0) is 13.0 Å².